The van der Waals surface area contributed by atoms with Gasteiger partial charge < -0.3 is 18.6 Å². The van der Waals surface area contributed by atoms with Crippen molar-refractivity contribution < 1.29 is 23.4 Å². The molecule has 0 amide bonds. The summed E-state index contributed by atoms with van der Waals surface area (Å²) >= 11 is 0. The molecule has 1 aromatic rings. The van der Waals surface area contributed by atoms with Crippen molar-refractivity contribution in [1.29, 1.82) is 0 Å². The minimum absolute atomic E-state index is 0.0722. The summed E-state index contributed by atoms with van der Waals surface area (Å²) in [4.78, 5) is 12.8. The van der Waals surface area contributed by atoms with Crippen LogP contribution >= 0.6 is 0 Å². The summed E-state index contributed by atoms with van der Waals surface area (Å²) in [5.74, 6) is -0.736. The molecule has 6 heteroatoms. The minimum Gasteiger partial charge on any atom is -0.469 e. The first-order chi connectivity index (χ1) is 14.4. The van der Waals surface area contributed by atoms with E-state index in [-0.39, 0.29) is 23.9 Å². The van der Waals surface area contributed by atoms with Crippen LogP contribution in [0.4, 0.5) is 0 Å². The highest BCUT2D eigenvalue weighted by atomic mass is 28.4. The topological polar surface area (TPSA) is 54.0 Å². The van der Waals surface area contributed by atoms with Gasteiger partial charge in [-0.2, -0.15) is 0 Å². The SMILES string of the molecule is C=C1CC[C@H](O[Si](C)(C)C(C)(C)C)[C@@](C)(COCOCc2ccccc2)[C@H]1C(=O)OC. The number of esters is 1. The van der Waals surface area contributed by atoms with Gasteiger partial charge in [0.2, 0.25) is 0 Å². The monoisotopic (exact) mass is 448 g/mol. The fourth-order valence-electron chi connectivity index (χ4n) is 3.95. The lowest BCUT2D eigenvalue weighted by atomic mass is 9.64. The smallest absolute Gasteiger partial charge is 0.313 e. The summed E-state index contributed by atoms with van der Waals surface area (Å²) in [7, 11) is -0.616. The van der Waals surface area contributed by atoms with Gasteiger partial charge in [0.25, 0.3) is 0 Å². The van der Waals surface area contributed by atoms with E-state index in [1.165, 1.54) is 7.11 Å². The zero-order valence-electron chi connectivity index (χ0n) is 20.3. The summed E-state index contributed by atoms with van der Waals surface area (Å²) < 4.78 is 23.7. The van der Waals surface area contributed by atoms with Crippen LogP contribution < -0.4 is 0 Å². The number of methoxy groups -OCH3 is 1. The molecule has 0 unspecified atom stereocenters. The second-order valence-electron chi connectivity index (χ2n) is 10.3. The third kappa shape index (κ3) is 6.28. The zero-order chi connectivity index (χ0) is 23.3. The predicted molar refractivity (Wildman–Crippen MR) is 126 cm³/mol. The Kier molecular flexibility index (Phi) is 8.67. The molecule has 0 bridgehead atoms. The molecule has 0 aliphatic heterocycles. The Morgan fingerprint density at radius 2 is 1.84 bits per heavy atom. The van der Waals surface area contributed by atoms with E-state index in [1.807, 2.05) is 30.3 Å². The molecule has 0 N–H and O–H groups in total. The molecule has 1 aromatic carbocycles. The molecule has 3 atom stereocenters. The van der Waals surface area contributed by atoms with Crippen LogP contribution in [0.15, 0.2) is 42.5 Å². The summed E-state index contributed by atoms with van der Waals surface area (Å²) in [6.07, 6.45) is 1.46. The van der Waals surface area contributed by atoms with Crippen LogP contribution in [-0.4, -0.2) is 40.9 Å². The Balaban J connectivity index is 2.14. The standard InChI is InChI=1S/C25H40O5Si/c1-19-14-15-21(30-31(7,8)24(2,3)4)25(5,22(19)23(26)27-6)17-29-18-28-16-20-12-10-9-11-13-20/h9-13,21-22H,1,14-18H2,2-8H3/t21-,22+,25+/m0/s1. The lowest BCUT2D eigenvalue weighted by Crippen LogP contribution is -2.56. The first-order valence-electron chi connectivity index (χ1n) is 11.0. The largest absolute Gasteiger partial charge is 0.469 e. The molecular weight excluding hydrogens is 408 g/mol. The highest BCUT2D eigenvalue weighted by Crippen LogP contribution is 2.49. The number of carbonyl (C=O) groups is 1. The van der Waals surface area contributed by atoms with Crippen molar-refractivity contribution in [3.05, 3.63) is 48.0 Å². The quantitative estimate of drug-likeness (QED) is 0.159. The zero-order valence-corrected chi connectivity index (χ0v) is 21.3. The number of benzene rings is 1. The molecule has 5 nitrogen and oxygen atoms in total. The van der Waals surface area contributed by atoms with E-state index in [1.54, 1.807) is 0 Å². The maximum Gasteiger partial charge on any atom is 0.313 e. The van der Waals surface area contributed by atoms with Crippen LogP contribution in [0.5, 0.6) is 0 Å². The van der Waals surface area contributed by atoms with Gasteiger partial charge in [0.1, 0.15) is 6.79 Å². The lowest BCUT2D eigenvalue weighted by molar-refractivity contribution is -0.163. The van der Waals surface area contributed by atoms with Crippen LogP contribution in [0, 0.1) is 11.3 Å². The molecule has 31 heavy (non-hydrogen) atoms. The van der Waals surface area contributed by atoms with Crippen molar-refractivity contribution in [3.8, 4) is 0 Å². The van der Waals surface area contributed by atoms with Crippen molar-refractivity contribution in [2.24, 2.45) is 11.3 Å². The van der Waals surface area contributed by atoms with E-state index in [9.17, 15) is 4.79 Å². The fraction of sp³-hybridized carbons (Fsp3) is 0.640. The number of rotatable bonds is 9. The highest BCUT2D eigenvalue weighted by molar-refractivity contribution is 6.74. The minimum atomic E-state index is -2.04. The second-order valence-corrected chi connectivity index (χ2v) is 15.1. The average Bonchev–Trinajstić information content (AvgIpc) is 2.69. The Morgan fingerprint density at radius 1 is 1.19 bits per heavy atom. The first-order valence-corrected chi connectivity index (χ1v) is 14.0. The van der Waals surface area contributed by atoms with Gasteiger partial charge >= 0.3 is 5.97 Å². The van der Waals surface area contributed by atoms with Gasteiger partial charge in [-0.15, -0.1) is 0 Å². The van der Waals surface area contributed by atoms with Crippen molar-refractivity contribution >= 4 is 14.3 Å². The van der Waals surface area contributed by atoms with Crippen LogP contribution in [0.1, 0.15) is 46.1 Å². The molecule has 1 saturated carbocycles. The molecule has 0 radical (unpaired) electrons. The molecule has 0 heterocycles. The third-order valence-electron chi connectivity index (χ3n) is 6.90. The maximum atomic E-state index is 12.8. The van der Waals surface area contributed by atoms with E-state index < -0.39 is 19.7 Å². The number of carbonyl (C=O) groups excluding carboxylic acids is 1. The van der Waals surface area contributed by atoms with Crippen molar-refractivity contribution in [2.75, 3.05) is 20.5 Å². The van der Waals surface area contributed by atoms with Gasteiger partial charge in [-0.25, -0.2) is 0 Å². The predicted octanol–water partition coefficient (Wildman–Crippen LogP) is 5.71. The van der Waals surface area contributed by atoms with Crippen LogP contribution in [0.3, 0.4) is 0 Å². The molecule has 2 rings (SSSR count). The fourth-order valence-corrected chi connectivity index (χ4v) is 5.40. The van der Waals surface area contributed by atoms with Crippen LogP contribution in [-0.2, 0) is 30.0 Å². The van der Waals surface area contributed by atoms with Gasteiger partial charge in [-0.3, -0.25) is 4.79 Å². The molecule has 174 valence electrons. The second kappa shape index (κ2) is 10.4. The van der Waals surface area contributed by atoms with E-state index in [2.05, 4.69) is 47.4 Å². The van der Waals surface area contributed by atoms with Crippen LogP contribution in [0.2, 0.25) is 18.1 Å². The molecule has 1 aliphatic carbocycles. The molecule has 1 fully saturated rings. The number of hydrogen-bond donors (Lipinski definition) is 0. The van der Waals surface area contributed by atoms with Crippen molar-refractivity contribution in [3.63, 3.8) is 0 Å². The number of hydrogen-bond acceptors (Lipinski definition) is 5. The molecule has 0 spiro atoms. The Bertz CT molecular complexity index is 732. The van der Waals surface area contributed by atoms with Gasteiger partial charge in [-0.1, -0.05) is 70.2 Å². The third-order valence-corrected chi connectivity index (χ3v) is 11.4. The average molecular weight is 449 g/mol. The highest BCUT2D eigenvalue weighted by Gasteiger charge is 2.53. The van der Waals surface area contributed by atoms with Crippen molar-refractivity contribution in [2.45, 2.75) is 71.4 Å². The summed E-state index contributed by atoms with van der Waals surface area (Å²) in [6, 6.07) is 9.98. The van der Waals surface area contributed by atoms with Crippen LogP contribution in [0.25, 0.3) is 0 Å². The van der Waals surface area contributed by atoms with E-state index in [0.717, 1.165) is 24.0 Å². The van der Waals surface area contributed by atoms with Gasteiger partial charge in [0.15, 0.2) is 8.32 Å². The molecule has 0 aromatic heterocycles. The Morgan fingerprint density at radius 3 is 2.42 bits per heavy atom. The number of ether oxygens (including phenoxy) is 3. The van der Waals surface area contributed by atoms with E-state index >= 15 is 0 Å². The first kappa shape index (κ1) is 25.8. The molecular formula is C25H40O5Si. The Hall–Kier alpha value is -1.47. The van der Waals surface area contributed by atoms with E-state index in [0.29, 0.717) is 13.2 Å². The van der Waals surface area contributed by atoms with E-state index in [4.69, 9.17) is 18.6 Å². The summed E-state index contributed by atoms with van der Waals surface area (Å²) in [6.45, 7) is 18.4. The summed E-state index contributed by atoms with van der Waals surface area (Å²) in [5.41, 5.74) is 1.40. The maximum absolute atomic E-state index is 12.8. The summed E-state index contributed by atoms with van der Waals surface area (Å²) in [5, 5.41) is 0.0722. The van der Waals surface area contributed by atoms with Crippen molar-refractivity contribution in [1.82, 2.24) is 0 Å². The molecule has 0 saturated heterocycles. The lowest BCUT2D eigenvalue weighted by Gasteiger charge is -2.50. The van der Waals surface area contributed by atoms with Gasteiger partial charge in [0.05, 0.1) is 32.3 Å². The Labute approximate surface area is 189 Å². The molecule has 1 aliphatic rings. The van der Waals surface area contributed by atoms with Gasteiger partial charge in [0, 0.05) is 5.41 Å². The normalized spacial score (nSPS) is 24.8. The van der Waals surface area contributed by atoms with Gasteiger partial charge in [-0.05, 0) is 36.5 Å².